The summed E-state index contributed by atoms with van der Waals surface area (Å²) < 4.78 is 3.20. The Kier molecular flexibility index (Phi) is 6.34. The average Bonchev–Trinajstić information content (AvgIpc) is 3.11. The van der Waals surface area contributed by atoms with Crippen LogP contribution in [0.5, 0.6) is 0 Å². The summed E-state index contributed by atoms with van der Waals surface area (Å²) >= 11 is 1.75. The molecule has 0 aliphatic heterocycles. The summed E-state index contributed by atoms with van der Waals surface area (Å²) in [5.74, 6) is 1.16. The second-order valence-corrected chi connectivity index (χ2v) is 7.17. The van der Waals surface area contributed by atoms with E-state index in [1.54, 1.807) is 11.3 Å². The molecular formula is C17H18ClLiN4S. The van der Waals surface area contributed by atoms with E-state index in [1.807, 2.05) is 10.8 Å². The maximum Gasteiger partial charge on any atom is 1.00 e. The van der Waals surface area contributed by atoms with E-state index < -0.39 is 0 Å². The van der Waals surface area contributed by atoms with Crippen LogP contribution in [0.2, 0.25) is 0 Å². The Labute approximate surface area is 163 Å². The van der Waals surface area contributed by atoms with Crippen LogP contribution in [0.1, 0.15) is 49.3 Å². The molecule has 0 N–H and O–H groups in total. The molecule has 4 nitrogen and oxygen atoms in total. The van der Waals surface area contributed by atoms with Crippen LogP contribution >= 0.6 is 11.3 Å². The molecule has 24 heavy (non-hydrogen) atoms. The predicted molar refractivity (Wildman–Crippen MR) is 88.0 cm³/mol. The van der Waals surface area contributed by atoms with E-state index in [1.165, 1.54) is 28.6 Å². The third-order valence-corrected chi connectivity index (χ3v) is 5.84. The molecule has 4 rings (SSSR count). The number of fused-ring (bicyclic) bond motifs is 3. The van der Waals surface area contributed by atoms with Gasteiger partial charge in [0.15, 0.2) is 0 Å². The van der Waals surface area contributed by atoms with Crippen molar-refractivity contribution in [2.45, 2.75) is 44.9 Å². The van der Waals surface area contributed by atoms with Gasteiger partial charge in [0.1, 0.15) is 6.33 Å². The molecule has 1 aliphatic carbocycles. The fourth-order valence-electron chi connectivity index (χ4n) is 3.84. The summed E-state index contributed by atoms with van der Waals surface area (Å²) in [5, 5.41) is 15.7. The number of halogens is 1. The first-order chi connectivity index (χ1) is 10.8. The van der Waals surface area contributed by atoms with Gasteiger partial charge in [-0.05, 0) is 55.9 Å². The minimum absolute atomic E-state index is 0. The van der Waals surface area contributed by atoms with Crippen molar-refractivity contribution < 1.29 is 31.3 Å². The van der Waals surface area contributed by atoms with Crippen molar-refractivity contribution in [2.24, 2.45) is 5.92 Å². The van der Waals surface area contributed by atoms with Crippen molar-refractivity contribution in [1.82, 2.24) is 14.6 Å². The van der Waals surface area contributed by atoms with E-state index in [2.05, 4.69) is 34.5 Å². The molecule has 0 bridgehead atoms. The monoisotopic (exact) mass is 352 g/mol. The van der Waals surface area contributed by atoms with E-state index in [9.17, 15) is 0 Å². The number of hydrogen-bond donors (Lipinski definition) is 0. The van der Waals surface area contributed by atoms with Gasteiger partial charge in [-0.15, -0.1) is 11.3 Å². The van der Waals surface area contributed by atoms with Crippen LogP contribution in [0, 0.1) is 24.2 Å². The molecular weight excluding hydrogens is 335 g/mol. The molecule has 120 valence electrons. The van der Waals surface area contributed by atoms with Crippen molar-refractivity contribution in [3.63, 3.8) is 0 Å². The summed E-state index contributed by atoms with van der Waals surface area (Å²) in [5.41, 5.74) is 4.86. The van der Waals surface area contributed by atoms with Crippen LogP contribution in [0.15, 0.2) is 17.8 Å². The second-order valence-electron chi connectivity index (χ2n) is 6.25. The van der Waals surface area contributed by atoms with Crippen LogP contribution < -0.4 is 31.3 Å². The van der Waals surface area contributed by atoms with Gasteiger partial charge in [-0.2, -0.15) is 10.4 Å². The Hall–Kier alpha value is -1.04. The van der Waals surface area contributed by atoms with Crippen LogP contribution in [0.3, 0.4) is 0 Å². The second kappa shape index (κ2) is 7.89. The van der Waals surface area contributed by atoms with Gasteiger partial charge in [0, 0.05) is 12.0 Å². The SMILES string of the molecule is Cc1nn2cnc3ccsc3c2c1C1CCC(CC#N)CC1.[Cl-].[Li+]. The van der Waals surface area contributed by atoms with Gasteiger partial charge in [-0.1, -0.05) is 0 Å². The number of nitriles is 1. The summed E-state index contributed by atoms with van der Waals surface area (Å²) in [6.07, 6.45) is 7.20. The van der Waals surface area contributed by atoms with E-state index in [-0.39, 0.29) is 31.3 Å². The van der Waals surface area contributed by atoms with Crippen molar-refractivity contribution in [1.29, 1.82) is 5.26 Å². The van der Waals surface area contributed by atoms with Gasteiger partial charge in [0.25, 0.3) is 0 Å². The molecule has 0 unspecified atom stereocenters. The minimum Gasteiger partial charge on any atom is -1.00 e. The zero-order valence-corrected chi connectivity index (χ0v) is 15.6. The van der Waals surface area contributed by atoms with Gasteiger partial charge < -0.3 is 12.4 Å². The molecule has 0 radical (unpaired) electrons. The molecule has 0 atom stereocenters. The number of nitrogens with zero attached hydrogens (tertiary/aromatic N) is 4. The molecule has 3 aromatic heterocycles. The van der Waals surface area contributed by atoms with Crippen LogP contribution in [-0.4, -0.2) is 14.6 Å². The van der Waals surface area contributed by atoms with Gasteiger partial charge in [0.05, 0.1) is 27.5 Å². The van der Waals surface area contributed by atoms with Crippen molar-refractivity contribution in [2.75, 3.05) is 0 Å². The van der Waals surface area contributed by atoms with Crippen LogP contribution in [0.4, 0.5) is 0 Å². The van der Waals surface area contributed by atoms with Crippen molar-refractivity contribution in [3.05, 3.63) is 29.0 Å². The predicted octanol–water partition coefficient (Wildman–Crippen LogP) is -1.55. The quantitative estimate of drug-likeness (QED) is 0.525. The Morgan fingerprint density at radius 3 is 2.79 bits per heavy atom. The zero-order valence-electron chi connectivity index (χ0n) is 14.0. The Morgan fingerprint density at radius 1 is 1.33 bits per heavy atom. The van der Waals surface area contributed by atoms with Crippen molar-refractivity contribution in [3.8, 4) is 6.07 Å². The zero-order chi connectivity index (χ0) is 15.1. The maximum absolute atomic E-state index is 8.88. The molecule has 3 aromatic rings. The molecule has 7 heteroatoms. The third-order valence-electron chi connectivity index (χ3n) is 4.93. The molecule has 0 aromatic carbocycles. The van der Waals surface area contributed by atoms with Gasteiger partial charge >= 0.3 is 18.9 Å². The summed E-state index contributed by atoms with van der Waals surface area (Å²) in [6, 6.07) is 4.40. The normalized spacial score (nSPS) is 20.3. The fourth-order valence-corrected chi connectivity index (χ4v) is 4.73. The van der Waals surface area contributed by atoms with Crippen LogP contribution in [-0.2, 0) is 0 Å². The Bertz CT molecular complexity index is 874. The molecule has 0 amide bonds. The molecule has 3 heterocycles. The maximum atomic E-state index is 8.88. The molecule has 0 saturated heterocycles. The Balaban J connectivity index is 0.00000104. The first-order valence-electron chi connectivity index (χ1n) is 7.86. The van der Waals surface area contributed by atoms with Gasteiger partial charge in [0.2, 0.25) is 0 Å². The summed E-state index contributed by atoms with van der Waals surface area (Å²) in [7, 11) is 0. The van der Waals surface area contributed by atoms with Gasteiger partial charge in [-0.25, -0.2) is 9.50 Å². The van der Waals surface area contributed by atoms with E-state index in [4.69, 9.17) is 5.26 Å². The first-order valence-corrected chi connectivity index (χ1v) is 8.74. The Morgan fingerprint density at radius 2 is 2.08 bits per heavy atom. The fraction of sp³-hybridized carbons (Fsp3) is 0.471. The summed E-state index contributed by atoms with van der Waals surface area (Å²) in [6.45, 7) is 2.11. The van der Waals surface area contributed by atoms with E-state index >= 15 is 0 Å². The molecule has 1 saturated carbocycles. The number of aryl methyl sites for hydroxylation is 1. The van der Waals surface area contributed by atoms with Crippen LogP contribution in [0.25, 0.3) is 15.7 Å². The number of aromatic nitrogens is 3. The minimum atomic E-state index is 0. The van der Waals surface area contributed by atoms with Crippen molar-refractivity contribution >= 4 is 27.1 Å². The number of thiophene rings is 1. The van der Waals surface area contributed by atoms with E-state index in [0.29, 0.717) is 18.3 Å². The summed E-state index contributed by atoms with van der Waals surface area (Å²) in [4.78, 5) is 4.48. The van der Waals surface area contributed by atoms with Gasteiger partial charge in [-0.3, -0.25) is 0 Å². The third kappa shape index (κ3) is 3.21. The molecule has 1 aliphatic rings. The first kappa shape index (κ1) is 19.3. The standard InChI is InChI=1S/C17H18N4S.ClH.Li/c1-11-15(13-4-2-12(3-5-13)6-8-18)16-17-14(7-9-22-17)19-10-21(16)20-11;;/h7,9-10,12-13H,2-6H2,1H3;1H;/q;;+1/p-1. The molecule has 1 fully saturated rings. The number of hydrogen-bond acceptors (Lipinski definition) is 4. The smallest absolute Gasteiger partial charge is 1.00 e. The topological polar surface area (TPSA) is 54.0 Å². The largest absolute Gasteiger partial charge is 1.00 e. The van der Waals surface area contributed by atoms with E-state index in [0.717, 1.165) is 24.1 Å². The molecule has 0 spiro atoms. The average molecular weight is 353 g/mol. The number of rotatable bonds is 2.